The minimum Gasteiger partial charge on any atom is -0.493 e. The highest BCUT2D eigenvalue weighted by Crippen LogP contribution is 2.30. The third-order valence-electron chi connectivity index (χ3n) is 3.97. The smallest absolute Gasteiger partial charge is 0.291 e. The fourth-order valence-corrected chi connectivity index (χ4v) is 3.49. The van der Waals surface area contributed by atoms with E-state index >= 15 is 0 Å². The van der Waals surface area contributed by atoms with Crippen molar-refractivity contribution in [3.63, 3.8) is 0 Å². The Morgan fingerprint density at radius 2 is 1.94 bits per heavy atom. The summed E-state index contributed by atoms with van der Waals surface area (Å²) in [6.45, 7) is 0. The van der Waals surface area contributed by atoms with Gasteiger partial charge in [-0.2, -0.15) is 0 Å². The fourth-order valence-electron chi connectivity index (χ4n) is 2.51. The van der Waals surface area contributed by atoms with Gasteiger partial charge in [0.15, 0.2) is 38.6 Å². The molecule has 0 bridgehead atoms. The number of halogens is 1. The third-order valence-corrected chi connectivity index (χ3v) is 5.27. The second-order valence-electron chi connectivity index (χ2n) is 6.10. The predicted molar refractivity (Wildman–Crippen MR) is 123 cm³/mol. The molecule has 0 atom stereocenters. The minimum absolute atomic E-state index is 0.0130. The Kier molecular flexibility index (Phi) is 7.43. The summed E-state index contributed by atoms with van der Waals surface area (Å²) < 4.78 is 15.8. The number of aromatic amines is 1. The monoisotopic (exact) mass is 523 g/mol. The van der Waals surface area contributed by atoms with Gasteiger partial charge in [0.25, 0.3) is 11.5 Å². The number of hydrogen-bond donors (Lipinski definition) is 4. The molecule has 2 aromatic heterocycles. The van der Waals surface area contributed by atoms with Crippen molar-refractivity contribution in [2.75, 3.05) is 36.3 Å². The van der Waals surface area contributed by atoms with Crippen LogP contribution in [0.4, 0.5) is 17.2 Å². The number of methoxy groups -OCH3 is 2. The van der Waals surface area contributed by atoms with E-state index in [-0.39, 0.29) is 34.1 Å². The number of nitrogens with zero attached hydrogens (tertiary/aromatic N) is 1. The van der Waals surface area contributed by atoms with Crippen LogP contribution in [0, 0.1) is 0 Å². The molecule has 0 aliphatic rings. The first kappa shape index (κ1) is 23.2. The van der Waals surface area contributed by atoms with Gasteiger partial charge >= 0.3 is 0 Å². The summed E-state index contributed by atoms with van der Waals surface area (Å²) >= 11 is 4.06. The van der Waals surface area contributed by atoms with Gasteiger partial charge in [-0.1, -0.05) is 11.8 Å². The number of carbonyl (C=O) groups excluding carboxylic acids is 2. The second-order valence-corrected chi connectivity index (χ2v) is 7.84. The number of nitrogen functional groups attached to an aromatic ring is 1. The molecule has 0 aliphatic heterocycles. The molecule has 32 heavy (non-hydrogen) atoms. The third kappa shape index (κ3) is 5.62. The number of aromatic nitrogens is 2. The van der Waals surface area contributed by atoms with Gasteiger partial charge in [-0.15, -0.1) is 0 Å². The SMILES string of the molecule is COc1ccc(NC(=O)CSc2nc(N)c(NC(=O)c3ccc(Br)o3)c(=O)[nH]2)cc1OC. The number of benzene rings is 1. The number of carbonyl (C=O) groups is 2. The highest BCUT2D eigenvalue weighted by atomic mass is 79.9. The number of rotatable bonds is 8. The van der Waals surface area contributed by atoms with E-state index in [9.17, 15) is 14.4 Å². The molecule has 11 nitrogen and oxygen atoms in total. The van der Waals surface area contributed by atoms with E-state index in [1.54, 1.807) is 18.2 Å². The first-order chi connectivity index (χ1) is 15.3. The molecule has 3 rings (SSSR count). The summed E-state index contributed by atoms with van der Waals surface area (Å²) in [4.78, 5) is 43.2. The van der Waals surface area contributed by atoms with Gasteiger partial charge in [0.1, 0.15) is 0 Å². The van der Waals surface area contributed by atoms with Crippen LogP contribution in [0.1, 0.15) is 10.6 Å². The number of thioether (sulfide) groups is 1. The van der Waals surface area contributed by atoms with Crippen LogP contribution in [0.3, 0.4) is 0 Å². The van der Waals surface area contributed by atoms with Crippen molar-refractivity contribution in [3.8, 4) is 11.5 Å². The van der Waals surface area contributed by atoms with E-state index in [1.807, 2.05) is 0 Å². The van der Waals surface area contributed by atoms with Gasteiger partial charge in [-0.3, -0.25) is 19.4 Å². The van der Waals surface area contributed by atoms with Crippen molar-refractivity contribution < 1.29 is 23.5 Å². The van der Waals surface area contributed by atoms with Crippen LogP contribution in [-0.4, -0.2) is 41.8 Å². The zero-order chi connectivity index (χ0) is 23.3. The first-order valence-electron chi connectivity index (χ1n) is 8.92. The number of nitrogens with two attached hydrogens (primary N) is 1. The number of furan rings is 1. The van der Waals surface area contributed by atoms with E-state index in [0.717, 1.165) is 11.8 Å². The van der Waals surface area contributed by atoms with Crippen molar-refractivity contribution in [2.45, 2.75) is 5.16 Å². The van der Waals surface area contributed by atoms with Gasteiger partial charge in [0.2, 0.25) is 5.91 Å². The molecule has 0 saturated carbocycles. The van der Waals surface area contributed by atoms with Crippen LogP contribution >= 0.6 is 27.7 Å². The molecule has 0 saturated heterocycles. The average Bonchev–Trinajstić information content (AvgIpc) is 3.21. The Bertz CT molecular complexity index is 1210. The highest BCUT2D eigenvalue weighted by molar-refractivity contribution is 9.10. The van der Waals surface area contributed by atoms with Gasteiger partial charge in [0.05, 0.1) is 20.0 Å². The van der Waals surface area contributed by atoms with Crippen LogP contribution in [0.15, 0.2) is 49.4 Å². The fraction of sp³-hybridized carbons (Fsp3) is 0.158. The molecule has 0 spiro atoms. The molecule has 0 unspecified atom stereocenters. The van der Waals surface area contributed by atoms with Gasteiger partial charge in [-0.25, -0.2) is 4.98 Å². The van der Waals surface area contributed by atoms with Crippen molar-refractivity contribution in [3.05, 3.63) is 51.1 Å². The van der Waals surface area contributed by atoms with Crippen LogP contribution in [0.2, 0.25) is 0 Å². The van der Waals surface area contributed by atoms with E-state index < -0.39 is 11.5 Å². The number of amides is 2. The number of nitrogens with one attached hydrogen (secondary N) is 3. The zero-order valence-electron chi connectivity index (χ0n) is 16.9. The minimum atomic E-state index is -0.667. The van der Waals surface area contributed by atoms with Crippen LogP contribution in [0.5, 0.6) is 11.5 Å². The van der Waals surface area contributed by atoms with Crippen molar-refractivity contribution in [1.82, 2.24) is 9.97 Å². The molecule has 0 radical (unpaired) electrons. The number of hydrogen-bond acceptors (Lipinski definition) is 9. The molecule has 2 heterocycles. The lowest BCUT2D eigenvalue weighted by Gasteiger charge is -2.10. The molecule has 0 aliphatic carbocycles. The lowest BCUT2D eigenvalue weighted by atomic mass is 10.2. The molecule has 1 aromatic carbocycles. The number of anilines is 3. The van der Waals surface area contributed by atoms with Gasteiger partial charge in [-0.05, 0) is 40.2 Å². The number of H-pyrrole nitrogens is 1. The lowest BCUT2D eigenvalue weighted by Crippen LogP contribution is -2.23. The zero-order valence-corrected chi connectivity index (χ0v) is 19.3. The Hall–Kier alpha value is -3.45. The Balaban J connectivity index is 1.62. The molecular weight excluding hydrogens is 506 g/mol. The van der Waals surface area contributed by atoms with E-state index in [4.69, 9.17) is 19.6 Å². The van der Waals surface area contributed by atoms with Crippen molar-refractivity contribution >= 4 is 56.7 Å². The van der Waals surface area contributed by atoms with Crippen molar-refractivity contribution in [1.29, 1.82) is 0 Å². The largest absolute Gasteiger partial charge is 0.493 e. The molecule has 5 N–H and O–H groups in total. The summed E-state index contributed by atoms with van der Waals surface area (Å²) in [5.41, 5.74) is 5.44. The summed E-state index contributed by atoms with van der Waals surface area (Å²) in [5.74, 6) is -0.270. The van der Waals surface area contributed by atoms with Crippen LogP contribution < -0.4 is 31.4 Å². The highest BCUT2D eigenvalue weighted by Gasteiger charge is 2.17. The van der Waals surface area contributed by atoms with Gasteiger partial charge in [0, 0.05) is 11.8 Å². The van der Waals surface area contributed by atoms with E-state index in [2.05, 4.69) is 36.5 Å². The maximum absolute atomic E-state index is 12.3. The summed E-state index contributed by atoms with van der Waals surface area (Å²) in [7, 11) is 3.00. The average molecular weight is 524 g/mol. The Morgan fingerprint density at radius 3 is 2.56 bits per heavy atom. The quantitative estimate of drug-likeness (QED) is 0.256. The van der Waals surface area contributed by atoms with Crippen molar-refractivity contribution in [2.24, 2.45) is 0 Å². The second kappa shape index (κ2) is 10.2. The van der Waals surface area contributed by atoms with Crippen LogP contribution in [-0.2, 0) is 4.79 Å². The lowest BCUT2D eigenvalue weighted by molar-refractivity contribution is -0.113. The number of ether oxygens (including phenoxy) is 2. The topological polar surface area (TPSA) is 162 Å². The molecular formula is C19H18BrN5O6S. The Morgan fingerprint density at radius 1 is 1.19 bits per heavy atom. The molecule has 2 amide bonds. The maximum atomic E-state index is 12.3. The maximum Gasteiger partial charge on any atom is 0.291 e. The van der Waals surface area contributed by atoms with Crippen LogP contribution in [0.25, 0.3) is 0 Å². The molecule has 3 aromatic rings. The van der Waals surface area contributed by atoms with E-state index in [0.29, 0.717) is 21.9 Å². The summed E-state index contributed by atoms with van der Waals surface area (Å²) in [6, 6.07) is 7.91. The summed E-state index contributed by atoms with van der Waals surface area (Å²) in [5, 5.41) is 5.18. The van der Waals surface area contributed by atoms with E-state index in [1.165, 1.54) is 26.4 Å². The summed E-state index contributed by atoms with van der Waals surface area (Å²) in [6.07, 6.45) is 0. The molecule has 0 fully saturated rings. The molecule has 13 heteroatoms. The van der Waals surface area contributed by atoms with Gasteiger partial charge < -0.3 is 30.3 Å². The standard InChI is InChI=1S/C19H18BrN5O6S/c1-29-10-4-3-9(7-12(10)30-2)22-14(26)8-32-19-24-16(21)15(18(28)25-19)23-17(27)11-5-6-13(20)31-11/h3-7H,8H2,1-2H3,(H,22,26)(H,23,27)(H3,21,24,25,28). The normalized spacial score (nSPS) is 10.5. The molecule has 168 valence electrons. The first-order valence-corrected chi connectivity index (χ1v) is 10.7. The Labute approximate surface area is 194 Å². The predicted octanol–water partition coefficient (Wildman–Crippen LogP) is 2.71.